The molecule has 2 aromatic rings. The van der Waals surface area contributed by atoms with Crippen molar-refractivity contribution in [2.24, 2.45) is 7.05 Å². The summed E-state index contributed by atoms with van der Waals surface area (Å²) in [5.41, 5.74) is 2.07. The number of hydrogen-bond acceptors (Lipinski definition) is 6. The summed E-state index contributed by atoms with van der Waals surface area (Å²) in [6.07, 6.45) is 2.57. The largest absolute Gasteiger partial charge is 0.377 e. The lowest BCUT2D eigenvalue weighted by atomic mass is 10.1. The fourth-order valence-electron chi connectivity index (χ4n) is 2.82. The predicted octanol–water partition coefficient (Wildman–Crippen LogP) is 1.89. The highest BCUT2D eigenvalue weighted by Gasteiger charge is 2.23. The monoisotopic (exact) mass is 323 g/mol. The number of ether oxygens (including phenoxy) is 1. The number of aryl methyl sites for hydroxylation is 2. The van der Waals surface area contributed by atoms with E-state index in [4.69, 9.17) is 9.72 Å². The first-order chi connectivity index (χ1) is 10.5. The minimum absolute atomic E-state index is 0.397. The average Bonchev–Trinajstić information content (AvgIpc) is 3.02. The second-order valence-electron chi connectivity index (χ2n) is 6.22. The maximum Gasteiger partial charge on any atom is 0.188 e. The van der Waals surface area contributed by atoms with E-state index in [1.165, 1.54) is 4.70 Å². The summed E-state index contributed by atoms with van der Waals surface area (Å²) in [6.45, 7) is 5.92. The van der Waals surface area contributed by atoms with Crippen LogP contribution in [-0.4, -0.2) is 66.1 Å². The molecule has 0 radical (unpaired) electrons. The van der Waals surface area contributed by atoms with E-state index in [1.54, 1.807) is 11.3 Å². The van der Waals surface area contributed by atoms with Gasteiger partial charge in [-0.3, -0.25) is 0 Å². The number of piperidine rings is 1. The molecule has 0 aromatic carbocycles. The van der Waals surface area contributed by atoms with Gasteiger partial charge < -0.3 is 14.5 Å². The van der Waals surface area contributed by atoms with E-state index in [1.807, 2.05) is 11.7 Å². The van der Waals surface area contributed by atoms with Gasteiger partial charge >= 0.3 is 0 Å². The zero-order valence-electron chi connectivity index (χ0n) is 13.9. The van der Waals surface area contributed by atoms with Crippen LogP contribution in [0.15, 0.2) is 0 Å². The SMILES string of the molecule is Cc1nn(C)c2nc(N3CCC(OCCN(C)C)CC3)sc12. The molecule has 0 saturated carbocycles. The van der Waals surface area contributed by atoms with E-state index in [0.29, 0.717) is 6.10 Å². The molecule has 1 fully saturated rings. The van der Waals surface area contributed by atoms with Crippen LogP contribution in [0.2, 0.25) is 0 Å². The maximum absolute atomic E-state index is 5.96. The maximum atomic E-state index is 5.96. The lowest BCUT2D eigenvalue weighted by molar-refractivity contribution is 0.0294. The molecule has 0 N–H and O–H groups in total. The van der Waals surface area contributed by atoms with Crippen molar-refractivity contribution in [3.63, 3.8) is 0 Å². The van der Waals surface area contributed by atoms with Crippen molar-refractivity contribution in [2.45, 2.75) is 25.9 Å². The summed E-state index contributed by atoms with van der Waals surface area (Å²) in [7, 11) is 6.12. The predicted molar refractivity (Wildman–Crippen MR) is 90.9 cm³/mol. The van der Waals surface area contributed by atoms with E-state index in [0.717, 1.165) is 55.6 Å². The van der Waals surface area contributed by atoms with Crippen molar-refractivity contribution >= 4 is 26.8 Å². The fourth-order valence-corrected chi connectivity index (χ4v) is 3.91. The van der Waals surface area contributed by atoms with Gasteiger partial charge in [0, 0.05) is 26.7 Å². The molecular formula is C15H25N5OS. The summed E-state index contributed by atoms with van der Waals surface area (Å²) < 4.78 is 9.05. The molecule has 122 valence electrons. The first-order valence-corrected chi connectivity index (χ1v) is 8.67. The van der Waals surface area contributed by atoms with Crippen molar-refractivity contribution in [1.82, 2.24) is 19.7 Å². The second-order valence-corrected chi connectivity index (χ2v) is 7.20. The highest BCUT2D eigenvalue weighted by atomic mass is 32.1. The number of rotatable bonds is 5. The van der Waals surface area contributed by atoms with E-state index in [-0.39, 0.29) is 0 Å². The van der Waals surface area contributed by atoms with Gasteiger partial charge in [-0.15, -0.1) is 0 Å². The highest BCUT2D eigenvalue weighted by Crippen LogP contribution is 2.32. The molecular weight excluding hydrogens is 298 g/mol. The summed E-state index contributed by atoms with van der Waals surface area (Å²) >= 11 is 1.76. The lowest BCUT2D eigenvalue weighted by Gasteiger charge is -2.31. The van der Waals surface area contributed by atoms with Gasteiger partial charge in [-0.25, -0.2) is 9.67 Å². The average molecular weight is 323 g/mol. The smallest absolute Gasteiger partial charge is 0.188 e. The number of anilines is 1. The van der Waals surface area contributed by atoms with Crippen LogP contribution in [0, 0.1) is 6.92 Å². The number of fused-ring (bicyclic) bond motifs is 1. The van der Waals surface area contributed by atoms with Crippen molar-refractivity contribution in [1.29, 1.82) is 0 Å². The van der Waals surface area contributed by atoms with Crippen molar-refractivity contribution in [3.8, 4) is 0 Å². The van der Waals surface area contributed by atoms with Crippen LogP contribution in [0.25, 0.3) is 10.3 Å². The Kier molecular flexibility index (Phi) is 4.65. The molecule has 1 saturated heterocycles. The molecule has 0 unspecified atom stereocenters. The normalized spacial score (nSPS) is 17.0. The molecule has 0 aliphatic carbocycles. The van der Waals surface area contributed by atoms with E-state index < -0.39 is 0 Å². The third-order valence-corrected chi connectivity index (χ3v) is 5.35. The second kappa shape index (κ2) is 6.52. The molecule has 22 heavy (non-hydrogen) atoms. The quantitative estimate of drug-likeness (QED) is 0.841. The van der Waals surface area contributed by atoms with Crippen molar-refractivity contribution in [3.05, 3.63) is 5.69 Å². The number of nitrogens with zero attached hydrogens (tertiary/aromatic N) is 5. The van der Waals surface area contributed by atoms with Gasteiger partial charge in [-0.1, -0.05) is 11.3 Å². The Bertz CT molecular complexity index is 593. The number of aromatic nitrogens is 3. The minimum atomic E-state index is 0.397. The third-order valence-electron chi connectivity index (χ3n) is 4.14. The molecule has 0 bridgehead atoms. The highest BCUT2D eigenvalue weighted by molar-refractivity contribution is 7.22. The number of likely N-dealkylation sites (N-methyl/N-ethyl adjacent to an activating group) is 1. The van der Waals surface area contributed by atoms with Crippen LogP contribution in [-0.2, 0) is 11.8 Å². The Morgan fingerprint density at radius 3 is 2.68 bits per heavy atom. The first-order valence-electron chi connectivity index (χ1n) is 7.86. The Morgan fingerprint density at radius 2 is 2.05 bits per heavy atom. The van der Waals surface area contributed by atoms with Gasteiger partial charge in [0.1, 0.15) is 0 Å². The van der Waals surface area contributed by atoms with Crippen LogP contribution in [0.1, 0.15) is 18.5 Å². The minimum Gasteiger partial charge on any atom is -0.377 e. The zero-order valence-corrected chi connectivity index (χ0v) is 14.7. The van der Waals surface area contributed by atoms with Crippen LogP contribution in [0.4, 0.5) is 5.13 Å². The van der Waals surface area contributed by atoms with E-state index in [2.05, 4.69) is 35.9 Å². The Morgan fingerprint density at radius 1 is 1.32 bits per heavy atom. The molecule has 1 aliphatic heterocycles. The third kappa shape index (κ3) is 3.26. The molecule has 1 aliphatic rings. The topological polar surface area (TPSA) is 46.4 Å². The summed E-state index contributed by atoms with van der Waals surface area (Å²) in [6, 6.07) is 0. The molecule has 6 nitrogen and oxygen atoms in total. The summed E-state index contributed by atoms with van der Waals surface area (Å²) in [5, 5.41) is 5.54. The molecule has 7 heteroatoms. The van der Waals surface area contributed by atoms with Crippen LogP contribution in [0.3, 0.4) is 0 Å². The molecule has 0 spiro atoms. The molecule has 3 rings (SSSR count). The Labute approximate surface area is 135 Å². The van der Waals surface area contributed by atoms with Crippen LogP contribution < -0.4 is 4.90 Å². The molecule has 3 heterocycles. The molecule has 0 amide bonds. The van der Waals surface area contributed by atoms with Gasteiger partial charge in [0.05, 0.1) is 23.1 Å². The molecule has 0 atom stereocenters. The Hall–Kier alpha value is -1.18. The van der Waals surface area contributed by atoms with Crippen LogP contribution >= 0.6 is 11.3 Å². The Balaban J connectivity index is 1.57. The fraction of sp³-hybridized carbons (Fsp3) is 0.733. The lowest BCUT2D eigenvalue weighted by Crippen LogP contribution is -2.37. The zero-order chi connectivity index (χ0) is 15.7. The van der Waals surface area contributed by atoms with Gasteiger partial charge in [0.15, 0.2) is 10.8 Å². The number of thiazole rings is 1. The number of hydrogen-bond donors (Lipinski definition) is 0. The summed E-state index contributed by atoms with van der Waals surface area (Å²) in [5.74, 6) is 0. The van der Waals surface area contributed by atoms with Gasteiger partial charge in [-0.2, -0.15) is 5.10 Å². The first kappa shape index (κ1) is 15.7. The standard InChI is InChI=1S/C15H25N5OS/c1-11-13-14(19(4)17-11)16-15(22-13)20-7-5-12(6-8-20)21-10-9-18(2)3/h12H,5-10H2,1-4H3. The summed E-state index contributed by atoms with van der Waals surface area (Å²) in [4.78, 5) is 9.31. The molecule has 2 aromatic heterocycles. The van der Waals surface area contributed by atoms with E-state index >= 15 is 0 Å². The van der Waals surface area contributed by atoms with Gasteiger partial charge in [-0.05, 0) is 33.9 Å². The van der Waals surface area contributed by atoms with Gasteiger partial charge in [0.25, 0.3) is 0 Å². The van der Waals surface area contributed by atoms with Crippen molar-refractivity contribution in [2.75, 3.05) is 45.2 Å². The van der Waals surface area contributed by atoms with Crippen LogP contribution in [0.5, 0.6) is 0 Å². The van der Waals surface area contributed by atoms with Gasteiger partial charge in [0.2, 0.25) is 0 Å². The van der Waals surface area contributed by atoms with E-state index in [9.17, 15) is 0 Å². The van der Waals surface area contributed by atoms with Crippen molar-refractivity contribution < 1.29 is 4.74 Å².